The fourth-order valence-corrected chi connectivity index (χ4v) is 4.25. The number of fused-ring (bicyclic) bond motifs is 1. The van der Waals surface area contributed by atoms with Crippen LogP contribution in [-0.2, 0) is 11.3 Å². The zero-order chi connectivity index (χ0) is 22.7. The van der Waals surface area contributed by atoms with Crippen LogP contribution < -0.4 is 10.1 Å². The van der Waals surface area contributed by atoms with Crippen LogP contribution in [0.1, 0.15) is 0 Å². The molecule has 2 aromatic carbocycles. The molecule has 0 spiro atoms. The maximum atomic E-state index is 12.4. The highest BCUT2D eigenvalue weighted by atomic mass is 79.9. The molecule has 164 valence electrons. The minimum atomic E-state index is -0.184. The van der Waals surface area contributed by atoms with E-state index in [1.807, 2.05) is 28.8 Å². The van der Waals surface area contributed by atoms with Gasteiger partial charge in [-0.25, -0.2) is 0 Å². The number of amides is 1. The van der Waals surface area contributed by atoms with Crippen LogP contribution in [0.3, 0.4) is 0 Å². The van der Waals surface area contributed by atoms with Gasteiger partial charge >= 0.3 is 0 Å². The first kappa shape index (κ1) is 22.4. The zero-order valence-corrected chi connectivity index (χ0v) is 20.1. The summed E-state index contributed by atoms with van der Waals surface area (Å²) in [6.45, 7) is 4.28. The second-order valence-electron chi connectivity index (χ2n) is 6.66. The maximum Gasteiger partial charge on any atom is 0.234 e. The first-order valence-electron chi connectivity index (χ1n) is 9.49. The van der Waals surface area contributed by atoms with Crippen molar-refractivity contribution in [2.45, 2.75) is 11.7 Å². The number of thioether (sulfide) groups is 1. The van der Waals surface area contributed by atoms with Gasteiger partial charge in [-0.2, -0.15) is 0 Å². The van der Waals surface area contributed by atoms with Gasteiger partial charge in [0.15, 0.2) is 22.2 Å². The number of nitrogens with one attached hydrogen (secondary N) is 1. The van der Waals surface area contributed by atoms with Gasteiger partial charge in [-0.15, -0.1) is 16.8 Å². The molecule has 1 N–H and O–H groups in total. The van der Waals surface area contributed by atoms with Crippen molar-refractivity contribution in [1.29, 1.82) is 0 Å². The number of hydrogen-bond donors (Lipinski definition) is 1. The Morgan fingerprint density at radius 3 is 2.94 bits per heavy atom. The molecule has 0 aliphatic carbocycles. The topological polar surface area (TPSA) is 82.2 Å². The lowest BCUT2D eigenvalue weighted by Gasteiger charge is -2.08. The molecule has 0 atom stereocenters. The Morgan fingerprint density at radius 1 is 1.34 bits per heavy atom. The molecule has 4 rings (SSSR count). The summed E-state index contributed by atoms with van der Waals surface area (Å²) in [5, 5.41) is 13.4. The number of furan rings is 1. The van der Waals surface area contributed by atoms with Crippen LogP contribution in [0.2, 0.25) is 5.02 Å². The summed E-state index contributed by atoms with van der Waals surface area (Å²) in [4.78, 5) is 12.4. The standard InChI is InChI=1S/C22H18BrClN4O3S/c1-3-9-28-21(18-10-13-5-4-6-17(30-2)20(13)31-18)26-27-22(28)32-12-19(29)25-14-7-8-15(23)16(24)11-14/h3-8,10-11H,1,9,12H2,2H3,(H,25,29). The van der Waals surface area contributed by atoms with Crippen molar-refractivity contribution in [1.82, 2.24) is 14.8 Å². The number of aromatic nitrogens is 3. The predicted molar refractivity (Wildman–Crippen MR) is 130 cm³/mol. The van der Waals surface area contributed by atoms with Crippen LogP contribution in [0.25, 0.3) is 22.6 Å². The normalized spacial score (nSPS) is 11.0. The number of ether oxygens (including phenoxy) is 1. The SMILES string of the molecule is C=CCn1c(SCC(=O)Nc2ccc(Br)c(Cl)c2)nnc1-c1cc2cccc(OC)c2o1. The van der Waals surface area contributed by atoms with E-state index < -0.39 is 0 Å². The summed E-state index contributed by atoms with van der Waals surface area (Å²) >= 11 is 10.7. The van der Waals surface area contributed by atoms with Crippen molar-refractivity contribution < 1.29 is 13.9 Å². The number of para-hydroxylation sites is 1. The highest BCUT2D eigenvalue weighted by Gasteiger charge is 2.19. The predicted octanol–water partition coefficient (Wildman–Crippen LogP) is 6.03. The second-order valence-corrected chi connectivity index (χ2v) is 8.86. The number of rotatable bonds is 8. The average molecular weight is 534 g/mol. The molecule has 0 fully saturated rings. The smallest absolute Gasteiger partial charge is 0.234 e. The Labute approximate surface area is 201 Å². The first-order chi connectivity index (χ1) is 15.5. The van der Waals surface area contributed by atoms with Crippen LogP contribution in [0.15, 0.2) is 69.2 Å². The summed E-state index contributed by atoms with van der Waals surface area (Å²) in [6.07, 6.45) is 1.74. The fraction of sp³-hybridized carbons (Fsp3) is 0.136. The second kappa shape index (κ2) is 9.81. The third kappa shape index (κ3) is 4.69. The summed E-state index contributed by atoms with van der Waals surface area (Å²) in [7, 11) is 1.60. The number of benzene rings is 2. The lowest BCUT2D eigenvalue weighted by molar-refractivity contribution is -0.113. The summed E-state index contributed by atoms with van der Waals surface area (Å²) < 4.78 is 14.0. The van der Waals surface area contributed by atoms with E-state index in [1.54, 1.807) is 31.4 Å². The highest BCUT2D eigenvalue weighted by Crippen LogP contribution is 2.34. The van der Waals surface area contributed by atoms with Crippen LogP contribution in [0, 0.1) is 0 Å². The van der Waals surface area contributed by atoms with Crippen molar-refractivity contribution >= 4 is 61.9 Å². The van der Waals surface area contributed by atoms with Gasteiger partial charge in [0.05, 0.1) is 17.9 Å². The van der Waals surface area contributed by atoms with Crippen molar-refractivity contribution in [2.24, 2.45) is 0 Å². The molecule has 0 saturated carbocycles. The van der Waals surface area contributed by atoms with Gasteiger partial charge in [0.1, 0.15) is 0 Å². The molecular weight excluding hydrogens is 516 g/mol. The van der Waals surface area contributed by atoms with E-state index in [-0.39, 0.29) is 11.7 Å². The molecule has 10 heteroatoms. The Kier molecular flexibility index (Phi) is 6.88. The third-order valence-corrected chi connectivity index (χ3v) is 6.71. The van der Waals surface area contributed by atoms with E-state index >= 15 is 0 Å². The number of nitrogens with zero attached hydrogens (tertiary/aromatic N) is 3. The molecular formula is C22H18BrClN4O3S. The molecule has 2 aromatic heterocycles. The minimum absolute atomic E-state index is 0.150. The van der Waals surface area contributed by atoms with Gasteiger partial charge in [-0.3, -0.25) is 9.36 Å². The number of anilines is 1. The summed E-state index contributed by atoms with van der Waals surface area (Å²) in [5.41, 5.74) is 1.26. The van der Waals surface area contributed by atoms with Gasteiger partial charge in [0.2, 0.25) is 11.7 Å². The molecule has 0 aliphatic heterocycles. The minimum Gasteiger partial charge on any atom is -0.493 e. The van der Waals surface area contributed by atoms with E-state index in [4.69, 9.17) is 20.8 Å². The van der Waals surface area contributed by atoms with Gasteiger partial charge in [-0.1, -0.05) is 41.6 Å². The highest BCUT2D eigenvalue weighted by molar-refractivity contribution is 9.10. The Hall–Kier alpha value is -2.75. The van der Waals surface area contributed by atoms with Crippen molar-refractivity contribution in [2.75, 3.05) is 18.2 Å². The number of carbonyl (C=O) groups excluding carboxylic acids is 1. The van der Waals surface area contributed by atoms with E-state index in [1.165, 1.54) is 11.8 Å². The lowest BCUT2D eigenvalue weighted by Crippen LogP contribution is -2.14. The van der Waals surface area contributed by atoms with Gasteiger partial charge in [0.25, 0.3) is 0 Å². The van der Waals surface area contributed by atoms with E-state index in [0.29, 0.717) is 45.3 Å². The van der Waals surface area contributed by atoms with Crippen LogP contribution >= 0.6 is 39.3 Å². The molecule has 0 bridgehead atoms. The molecule has 2 heterocycles. The Morgan fingerprint density at radius 2 is 2.19 bits per heavy atom. The molecule has 0 aliphatic rings. The molecule has 0 radical (unpaired) electrons. The molecule has 0 unspecified atom stereocenters. The lowest BCUT2D eigenvalue weighted by atomic mass is 10.2. The summed E-state index contributed by atoms with van der Waals surface area (Å²) in [5.74, 6) is 1.71. The quantitative estimate of drug-likeness (QED) is 0.220. The largest absolute Gasteiger partial charge is 0.493 e. The average Bonchev–Trinajstić information content (AvgIpc) is 3.39. The van der Waals surface area contributed by atoms with Crippen molar-refractivity contribution in [3.63, 3.8) is 0 Å². The monoisotopic (exact) mass is 532 g/mol. The molecule has 4 aromatic rings. The van der Waals surface area contributed by atoms with Gasteiger partial charge < -0.3 is 14.5 Å². The van der Waals surface area contributed by atoms with Crippen LogP contribution in [-0.4, -0.2) is 33.5 Å². The van der Waals surface area contributed by atoms with Crippen LogP contribution in [0.4, 0.5) is 5.69 Å². The number of hydrogen-bond acceptors (Lipinski definition) is 6. The number of methoxy groups -OCH3 is 1. The van der Waals surface area contributed by atoms with Crippen LogP contribution in [0.5, 0.6) is 5.75 Å². The Bertz CT molecular complexity index is 1300. The molecule has 0 saturated heterocycles. The molecule has 7 nitrogen and oxygen atoms in total. The number of carbonyl (C=O) groups is 1. The summed E-state index contributed by atoms with van der Waals surface area (Å²) in [6, 6.07) is 12.8. The fourth-order valence-electron chi connectivity index (χ4n) is 3.08. The number of allylic oxidation sites excluding steroid dienone is 1. The zero-order valence-electron chi connectivity index (χ0n) is 17.0. The third-order valence-electron chi connectivity index (χ3n) is 4.51. The van der Waals surface area contributed by atoms with Gasteiger partial charge in [0, 0.05) is 22.1 Å². The number of halogens is 2. The van der Waals surface area contributed by atoms with E-state index in [9.17, 15) is 4.79 Å². The van der Waals surface area contributed by atoms with Gasteiger partial charge in [-0.05, 0) is 46.3 Å². The van der Waals surface area contributed by atoms with Crippen molar-refractivity contribution in [3.05, 3.63) is 64.6 Å². The van der Waals surface area contributed by atoms with Crippen molar-refractivity contribution in [3.8, 4) is 17.3 Å². The molecule has 1 amide bonds. The van der Waals surface area contributed by atoms with E-state index in [0.717, 1.165) is 9.86 Å². The Balaban J connectivity index is 1.53. The molecule has 32 heavy (non-hydrogen) atoms. The first-order valence-corrected chi connectivity index (χ1v) is 11.6. The maximum absolute atomic E-state index is 12.4. The van der Waals surface area contributed by atoms with E-state index in [2.05, 4.69) is 38.0 Å².